The molecule has 2 N–H and O–H groups in total. The Balaban J connectivity index is 1.26. The molecular weight excluding hydrogens is 592 g/mol. The molecule has 2 aliphatic heterocycles. The van der Waals surface area contributed by atoms with E-state index in [1.807, 2.05) is 36.4 Å². The second-order valence-electron chi connectivity index (χ2n) is 11.6. The van der Waals surface area contributed by atoms with E-state index in [2.05, 4.69) is 20.3 Å². The smallest absolute Gasteiger partial charge is 0.419 e. The van der Waals surface area contributed by atoms with Crippen LogP contribution in [-0.2, 0) is 22.1 Å². The van der Waals surface area contributed by atoms with Crippen molar-refractivity contribution in [3.05, 3.63) is 71.5 Å². The Morgan fingerprint density at radius 1 is 1.16 bits per heavy atom. The summed E-state index contributed by atoms with van der Waals surface area (Å²) in [5, 5.41) is 13.5. The van der Waals surface area contributed by atoms with Crippen molar-refractivity contribution in [2.45, 2.75) is 56.6 Å². The number of halogens is 3. The van der Waals surface area contributed by atoms with Crippen molar-refractivity contribution in [2.75, 3.05) is 18.6 Å². The fraction of sp³-hybridized carbons (Fsp3) is 0.355. The monoisotopic (exact) mass is 622 g/mol. The van der Waals surface area contributed by atoms with Gasteiger partial charge in [-0.3, -0.25) is 0 Å². The second kappa shape index (κ2) is 11.3. The summed E-state index contributed by atoms with van der Waals surface area (Å²) in [5.41, 5.74) is 0.260. The van der Waals surface area contributed by atoms with Gasteiger partial charge in [0.15, 0.2) is 0 Å². The zero-order chi connectivity index (χ0) is 31.2. The minimum absolute atomic E-state index is 0.0392. The van der Waals surface area contributed by atoms with Gasteiger partial charge >= 0.3 is 12.3 Å². The van der Waals surface area contributed by atoms with Crippen LogP contribution in [0.5, 0.6) is 0 Å². The molecule has 2 bridgehead atoms. The fourth-order valence-corrected chi connectivity index (χ4v) is 7.89. The van der Waals surface area contributed by atoms with Gasteiger partial charge in [0.05, 0.1) is 28.1 Å². The fourth-order valence-electron chi connectivity index (χ4n) is 6.46. The van der Waals surface area contributed by atoms with Crippen LogP contribution in [0.3, 0.4) is 0 Å². The number of carbonyl (C=O) groups excluding carboxylic acids is 1. The lowest BCUT2D eigenvalue weighted by Crippen LogP contribution is -2.50. The van der Waals surface area contributed by atoms with Gasteiger partial charge in [0.2, 0.25) is 5.95 Å². The molecule has 4 heterocycles. The number of alkyl halides is 3. The van der Waals surface area contributed by atoms with Gasteiger partial charge in [0.1, 0.15) is 19.3 Å². The molecule has 9 nitrogen and oxygen atoms in total. The maximum Gasteiger partial charge on any atom is 0.419 e. The normalized spacial score (nSPS) is 20.0. The summed E-state index contributed by atoms with van der Waals surface area (Å²) in [4.78, 5) is 26.1. The number of piperidine rings is 1. The maximum atomic E-state index is 14.2. The summed E-state index contributed by atoms with van der Waals surface area (Å²) < 4.78 is 61.2. The number of amides is 1. The molecule has 0 radical (unpaired) electrons. The van der Waals surface area contributed by atoms with Crippen LogP contribution < -0.4 is 10.6 Å². The van der Waals surface area contributed by atoms with E-state index in [1.54, 1.807) is 11.0 Å². The van der Waals surface area contributed by atoms with Gasteiger partial charge in [-0.25, -0.2) is 14.8 Å². The molecule has 2 saturated heterocycles. The Morgan fingerprint density at radius 3 is 2.50 bits per heavy atom. The van der Waals surface area contributed by atoms with E-state index in [1.165, 1.54) is 25.6 Å². The number of H-pyrrole nitrogens is 1. The van der Waals surface area contributed by atoms with Crippen LogP contribution in [0.25, 0.3) is 22.2 Å². The summed E-state index contributed by atoms with van der Waals surface area (Å²) in [7, 11) is -2.97. The zero-order valence-corrected chi connectivity index (χ0v) is 25.0. The summed E-state index contributed by atoms with van der Waals surface area (Å²) >= 11 is 0. The Hall–Kier alpha value is -4.36. The van der Waals surface area contributed by atoms with Crippen molar-refractivity contribution < 1.29 is 27.3 Å². The van der Waals surface area contributed by atoms with E-state index in [0.717, 1.165) is 24.6 Å². The van der Waals surface area contributed by atoms with Crippen molar-refractivity contribution in [3.63, 3.8) is 0 Å². The number of fused-ring (bicyclic) bond motifs is 3. The maximum absolute atomic E-state index is 14.2. The van der Waals surface area contributed by atoms with Crippen molar-refractivity contribution in [3.8, 4) is 17.3 Å². The molecule has 0 saturated carbocycles. The molecule has 13 heteroatoms. The average molecular weight is 623 g/mol. The number of rotatable bonds is 6. The van der Waals surface area contributed by atoms with E-state index in [4.69, 9.17) is 4.74 Å². The van der Waals surface area contributed by atoms with Crippen molar-refractivity contribution in [2.24, 2.45) is 0 Å². The molecule has 0 spiro atoms. The third-order valence-corrected chi connectivity index (χ3v) is 9.86. The number of anilines is 1. The molecule has 1 unspecified atom stereocenters. The second-order valence-corrected chi connectivity index (χ2v) is 14.8. The SMILES string of the molecule is CP(C)(=O)c1c(C#N)ccc2c(-c3nc(NC4C[C@H]5CC[C@@H](C4)N5C(=O)OCc4ccccc4)ncc3C(F)(F)F)c[nH]c12. The Morgan fingerprint density at radius 2 is 1.86 bits per heavy atom. The third kappa shape index (κ3) is 5.64. The van der Waals surface area contributed by atoms with Gasteiger partial charge in [-0.15, -0.1) is 0 Å². The predicted octanol–water partition coefficient (Wildman–Crippen LogP) is 6.51. The number of hydrogen-bond donors (Lipinski definition) is 2. The molecule has 0 aliphatic carbocycles. The van der Waals surface area contributed by atoms with Crippen LogP contribution in [0.15, 0.2) is 54.9 Å². The zero-order valence-electron chi connectivity index (χ0n) is 24.1. The highest BCUT2D eigenvalue weighted by atomic mass is 31.2. The molecule has 228 valence electrons. The lowest BCUT2D eigenvalue weighted by atomic mass is 9.98. The molecule has 2 aromatic heterocycles. The topological polar surface area (TPSA) is 124 Å². The van der Waals surface area contributed by atoms with Gasteiger partial charge in [0.25, 0.3) is 0 Å². The first kappa shape index (κ1) is 29.7. The Labute approximate surface area is 251 Å². The number of aromatic nitrogens is 3. The molecule has 3 atom stereocenters. The third-order valence-electron chi connectivity index (χ3n) is 8.32. The first-order valence-corrected chi connectivity index (χ1v) is 16.8. The first-order valence-electron chi connectivity index (χ1n) is 14.2. The summed E-state index contributed by atoms with van der Waals surface area (Å²) in [5.74, 6) is 0.0392. The first-order chi connectivity index (χ1) is 20.9. The van der Waals surface area contributed by atoms with Crippen LogP contribution in [-0.4, -0.2) is 57.4 Å². The van der Waals surface area contributed by atoms with Gasteiger partial charge in [-0.05, 0) is 50.6 Å². The standard InChI is InChI=1S/C31H30F3N6O3P/c1-44(2,42)28-19(14-35)8-11-23-24(15-36-27(23)28)26-25(31(32,33)34)16-37-29(39-26)38-20-12-21-9-10-22(13-20)40(21)30(41)43-17-18-6-4-3-5-7-18/h3-8,11,15-16,20-22,36H,9-10,12-13,17H2,1-2H3,(H,37,38,39)/t20?,21-,22+. The Kier molecular flexibility index (Phi) is 7.62. The van der Waals surface area contributed by atoms with Gasteiger partial charge in [-0.1, -0.05) is 36.4 Å². The summed E-state index contributed by atoms with van der Waals surface area (Å²) in [6, 6.07) is 14.2. The molecule has 44 heavy (non-hydrogen) atoms. The van der Waals surface area contributed by atoms with Crippen LogP contribution in [0.4, 0.5) is 23.9 Å². The van der Waals surface area contributed by atoms with Crippen molar-refractivity contribution >= 4 is 35.4 Å². The Bertz CT molecular complexity index is 1800. The number of benzene rings is 2. The van der Waals surface area contributed by atoms with E-state index in [-0.39, 0.29) is 58.9 Å². The van der Waals surface area contributed by atoms with Crippen LogP contribution in [0.1, 0.15) is 42.4 Å². The summed E-state index contributed by atoms with van der Waals surface area (Å²) in [6.07, 6.45) is -0.168. The number of nitrogens with one attached hydrogen (secondary N) is 2. The molecular formula is C31H30F3N6O3P. The van der Waals surface area contributed by atoms with E-state index in [9.17, 15) is 27.8 Å². The lowest BCUT2D eigenvalue weighted by molar-refractivity contribution is -0.137. The quantitative estimate of drug-likeness (QED) is 0.235. The van der Waals surface area contributed by atoms with E-state index < -0.39 is 18.9 Å². The predicted molar refractivity (Wildman–Crippen MR) is 160 cm³/mol. The van der Waals surface area contributed by atoms with E-state index in [0.29, 0.717) is 23.7 Å². The van der Waals surface area contributed by atoms with Crippen molar-refractivity contribution in [1.29, 1.82) is 5.26 Å². The highest BCUT2D eigenvalue weighted by Crippen LogP contribution is 2.43. The molecule has 2 fully saturated rings. The highest BCUT2D eigenvalue weighted by Gasteiger charge is 2.44. The number of ether oxygens (including phenoxy) is 1. The lowest BCUT2D eigenvalue weighted by Gasteiger charge is -2.38. The van der Waals surface area contributed by atoms with E-state index >= 15 is 0 Å². The minimum atomic E-state index is -4.73. The van der Waals surface area contributed by atoms with Gasteiger partial charge in [-0.2, -0.15) is 18.4 Å². The van der Waals surface area contributed by atoms with Crippen LogP contribution in [0, 0.1) is 11.3 Å². The van der Waals surface area contributed by atoms with Gasteiger partial charge < -0.3 is 24.5 Å². The molecule has 1 amide bonds. The average Bonchev–Trinajstić information content (AvgIpc) is 3.53. The molecule has 4 aromatic rings. The molecule has 2 aromatic carbocycles. The summed E-state index contributed by atoms with van der Waals surface area (Å²) in [6.45, 7) is 3.21. The molecule has 2 aliphatic rings. The minimum Gasteiger partial charge on any atom is -0.445 e. The number of hydrogen-bond acceptors (Lipinski definition) is 7. The molecule has 6 rings (SSSR count). The van der Waals surface area contributed by atoms with Crippen molar-refractivity contribution in [1.82, 2.24) is 19.9 Å². The number of nitriles is 1. The number of carbonyl (C=O) groups is 1. The van der Waals surface area contributed by atoms with Gasteiger partial charge in [0, 0.05) is 41.5 Å². The van der Waals surface area contributed by atoms with Crippen LogP contribution >= 0.6 is 7.14 Å². The largest absolute Gasteiger partial charge is 0.445 e. The highest BCUT2D eigenvalue weighted by molar-refractivity contribution is 7.70. The number of nitrogens with zero attached hydrogens (tertiary/aromatic N) is 4. The van der Waals surface area contributed by atoms with Crippen LogP contribution in [0.2, 0.25) is 0 Å². The number of aromatic amines is 1.